The highest BCUT2D eigenvalue weighted by atomic mass is 35.5. The van der Waals surface area contributed by atoms with Gasteiger partial charge in [0.25, 0.3) is 11.8 Å². The monoisotopic (exact) mass is 456 g/mol. The first kappa shape index (κ1) is 23.1. The molecular weight excluding hydrogens is 435 g/mol. The molecule has 0 fully saturated rings. The smallest absolute Gasteiger partial charge is 0.259 e. The molecule has 0 unspecified atom stereocenters. The molecule has 0 aromatic heterocycles. The normalized spacial score (nSPS) is 10.6. The van der Waals surface area contributed by atoms with Gasteiger partial charge in [0.1, 0.15) is 17.3 Å². The van der Waals surface area contributed by atoms with Crippen LogP contribution in [0.1, 0.15) is 34.6 Å². The Kier molecular flexibility index (Phi) is 7.33. The van der Waals surface area contributed by atoms with Crippen molar-refractivity contribution in [2.75, 3.05) is 17.7 Å². The number of ether oxygens (including phenoxy) is 2. The zero-order valence-corrected chi connectivity index (χ0v) is 18.5. The van der Waals surface area contributed by atoms with E-state index in [1.165, 1.54) is 31.4 Å². The number of methoxy groups -OCH3 is 1. The van der Waals surface area contributed by atoms with Crippen molar-refractivity contribution in [3.63, 3.8) is 0 Å². The zero-order valence-electron chi connectivity index (χ0n) is 17.7. The maximum atomic E-state index is 13.4. The van der Waals surface area contributed by atoms with Crippen molar-refractivity contribution in [3.8, 4) is 11.5 Å². The highest BCUT2D eigenvalue weighted by Gasteiger charge is 2.17. The SMILES string of the molecule is COc1ccc(NC(=O)c2cc(Cl)ccc2OC(C)C)cc1NC(=O)c1cccc(F)c1. The molecule has 0 saturated heterocycles. The van der Waals surface area contributed by atoms with Crippen molar-refractivity contribution < 1.29 is 23.5 Å². The Hall–Kier alpha value is -3.58. The number of carbonyl (C=O) groups excluding carboxylic acids is 2. The maximum Gasteiger partial charge on any atom is 0.259 e. The van der Waals surface area contributed by atoms with Crippen LogP contribution in [0, 0.1) is 5.82 Å². The van der Waals surface area contributed by atoms with Crippen molar-refractivity contribution in [2.24, 2.45) is 0 Å². The Morgan fingerprint density at radius 2 is 1.69 bits per heavy atom. The van der Waals surface area contributed by atoms with Crippen molar-refractivity contribution in [1.29, 1.82) is 0 Å². The minimum absolute atomic E-state index is 0.131. The Morgan fingerprint density at radius 1 is 0.938 bits per heavy atom. The molecule has 8 heteroatoms. The van der Waals surface area contributed by atoms with E-state index >= 15 is 0 Å². The Morgan fingerprint density at radius 3 is 2.38 bits per heavy atom. The van der Waals surface area contributed by atoms with Crippen LogP contribution in [-0.2, 0) is 0 Å². The summed E-state index contributed by atoms with van der Waals surface area (Å²) in [6, 6.07) is 14.9. The van der Waals surface area contributed by atoms with Crippen LogP contribution in [-0.4, -0.2) is 25.0 Å². The summed E-state index contributed by atoms with van der Waals surface area (Å²) in [7, 11) is 1.45. The van der Waals surface area contributed by atoms with Gasteiger partial charge in [-0.3, -0.25) is 9.59 Å². The molecule has 0 saturated carbocycles. The third-order valence-electron chi connectivity index (χ3n) is 4.34. The van der Waals surface area contributed by atoms with E-state index in [2.05, 4.69) is 10.6 Å². The van der Waals surface area contributed by atoms with Crippen molar-refractivity contribution >= 4 is 34.8 Å². The fraction of sp³-hybridized carbons (Fsp3) is 0.167. The van der Waals surface area contributed by atoms with E-state index in [0.29, 0.717) is 27.9 Å². The molecule has 2 N–H and O–H groups in total. The van der Waals surface area contributed by atoms with E-state index in [1.54, 1.807) is 30.3 Å². The number of halogens is 2. The maximum absolute atomic E-state index is 13.4. The van der Waals surface area contributed by atoms with Crippen LogP contribution in [0.2, 0.25) is 5.02 Å². The van der Waals surface area contributed by atoms with E-state index < -0.39 is 17.6 Å². The third-order valence-corrected chi connectivity index (χ3v) is 4.58. The van der Waals surface area contributed by atoms with E-state index in [-0.39, 0.29) is 17.2 Å². The second kappa shape index (κ2) is 10.2. The largest absolute Gasteiger partial charge is 0.495 e. The van der Waals surface area contributed by atoms with Gasteiger partial charge in [0, 0.05) is 16.3 Å². The summed E-state index contributed by atoms with van der Waals surface area (Å²) in [6.07, 6.45) is -0.131. The first-order chi connectivity index (χ1) is 15.3. The molecular formula is C24H22ClFN2O4. The fourth-order valence-corrected chi connectivity index (χ4v) is 3.11. The Balaban J connectivity index is 1.85. The van der Waals surface area contributed by atoms with Gasteiger partial charge in [0.15, 0.2) is 0 Å². The summed E-state index contributed by atoms with van der Waals surface area (Å²) in [5.74, 6) is -0.703. The average molecular weight is 457 g/mol. The Bertz CT molecular complexity index is 1150. The highest BCUT2D eigenvalue weighted by Crippen LogP contribution is 2.30. The predicted molar refractivity (Wildman–Crippen MR) is 123 cm³/mol. The van der Waals surface area contributed by atoms with E-state index in [4.69, 9.17) is 21.1 Å². The lowest BCUT2D eigenvalue weighted by Crippen LogP contribution is -2.16. The Labute approximate surface area is 190 Å². The van der Waals surface area contributed by atoms with Gasteiger partial charge in [0.2, 0.25) is 0 Å². The summed E-state index contributed by atoms with van der Waals surface area (Å²) < 4.78 is 24.4. The molecule has 0 bridgehead atoms. The third kappa shape index (κ3) is 5.76. The van der Waals surface area contributed by atoms with E-state index in [0.717, 1.165) is 6.07 Å². The lowest BCUT2D eigenvalue weighted by molar-refractivity contribution is 0.101. The molecule has 3 rings (SSSR count). The van der Waals surface area contributed by atoms with Crippen LogP contribution in [0.5, 0.6) is 11.5 Å². The molecule has 6 nitrogen and oxygen atoms in total. The number of rotatable bonds is 7. The fourth-order valence-electron chi connectivity index (χ4n) is 2.94. The minimum Gasteiger partial charge on any atom is -0.495 e. The molecule has 0 atom stereocenters. The van der Waals surface area contributed by atoms with Crippen LogP contribution in [0.25, 0.3) is 0 Å². The zero-order chi connectivity index (χ0) is 23.3. The van der Waals surface area contributed by atoms with Crippen molar-refractivity contribution in [3.05, 3.63) is 82.6 Å². The van der Waals surface area contributed by atoms with Gasteiger partial charge in [-0.25, -0.2) is 4.39 Å². The molecule has 3 aromatic rings. The van der Waals surface area contributed by atoms with E-state index in [1.807, 2.05) is 13.8 Å². The van der Waals surface area contributed by atoms with Crippen molar-refractivity contribution in [1.82, 2.24) is 0 Å². The first-order valence-electron chi connectivity index (χ1n) is 9.79. The highest BCUT2D eigenvalue weighted by molar-refractivity contribution is 6.31. The number of anilines is 2. The second-order valence-electron chi connectivity index (χ2n) is 7.14. The van der Waals surface area contributed by atoms with Crippen LogP contribution >= 0.6 is 11.6 Å². The van der Waals surface area contributed by atoms with Crippen molar-refractivity contribution in [2.45, 2.75) is 20.0 Å². The van der Waals surface area contributed by atoms with Crippen LogP contribution in [0.4, 0.5) is 15.8 Å². The van der Waals surface area contributed by atoms with E-state index in [9.17, 15) is 14.0 Å². The first-order valence-corrected chi connectivity index (χ1v) is 10.2. The average Bonchev–Trinajstić information content (AvgIpc) is 2.75. The molecule has 0 heterocycles. The van der Waals surface area contributed by atoms with Crippen LogP contribution < -0.4 is 20.1 Å². The summed E-state index contributed by atoms with van der Waals surface area (Å²) in [5, 5.41) is 5.84. The summed E-state index contributed by atoms with van der Waals surface area (Å²) in [5.41, 5.74) is 1.13. The number of benzene rings is 3. The molecule has 0 aliphatic carbocycles. The number of hydrogen-bond donors (Lipinski definition) is 2. The lowest BCUT2D eigenvalue weighted by Gasteiger charge is -2.16. The molecule has 32 heavy (non-hydrogen) atoms. The van der Waals surface area contributed by atoms with Gasteiger partial charge in [-0.05, 0) is 68.4 Å². The van der Waals surface area contributed by atoms with Crippen LogP contribution in [0.15, 0.2) is 60.7 Å². The van der Waals surface area contributed by atoms with Gasteiger partial charge in [-0.15, -0.1) is 0 Å². The second-order valence-corrected chi connectivity index (χ2v) is 7.58. The molecule has 166 valence electrons. The van der Waals surface area contributed by atoms with Gasteiger partial charge in [-0.2, -0.15) is 0 Å². The summed E-state index contributed by atoms with van der Waals surface area (Å²) in [4.78, 5) is 25.4. The van der Waals surface area contributed by atoms with Gasteiger partial charge < -0.3 is 20.1 Å². The molecule has 0 radical (unpaired) electrons. The van der Waals surface area contributed by atoms with Gasteiger partial charge >= 0.3 is 0 Å². The molecule has 0 spiro atoms. The molecule has 0 aliphatic rings. The minimum atomic E-state index is -0.522. The molecule has 0 aliphatic heterocycles. The summed E-state index contributed by atoms with van der Waals surface area (Å²) >= 11 is 6.07. The standard InChI is InChI=1S/C24H22ClFN2O4/c1-14(2)32-21-9-7-16(25)12-19(21)24(30)27-18-8-10-22(31-3)20(13-18)28-23(29)15-5-4-6-17(26)11-15/h4-14H,1-3H3,(H,27,30)(H,28,29). The number of carbonyl (C=O) groups is 2. The van der Waals surface area contributed by atoms with Gasteiger partial charge in [-0.1, -0.05) is 17.7 Å². The quantitative estimate of drug-likeness (QED) is 0.472. The topological polar surface area (TPSA) is 76.7 Å². The number of hydrogen-bond acceptors (Lipinski definition) is 4. The predicted octanol–water partition coefficient (Wildman–Crippen LogP) is 5.78. The lowest BCUT2D eigenvalue weighted by atomic mass is 10.1. The molecule has 3 aromatic carbocycles. The molecule has 2 amide bonds. The van der Waals surface area contributed by atoms with Gasteiger partial charge in [0.05, 0.1) is 24.5 Å². The summed E-state index contributed by atoms with van der Waals surface area (Å²) in [6.45, 7) is 3.71. The number of amides is 2. The number of nitrogens with one attached hydrogen (secondary N) is 2. The van der Waals surface area contributed by atoms with Crippen LogP contribution in [0.3, 0.4) is 0 Å².